The summed E-state index contributed by atoms with van der Waals surface area (Å²) in [7, 11) is 0. The molecule has 0 unspecified atom stereocenters. The molecular formula is C28H25Cl2N7O. The number of benzene rings is 2. The van der Waals surface area contributed by atoms with Crippen molar-refractivity contribution in [3.8, 4) is 11.8 Å². The summed E-state index contributed by atoms with van der Waals surface area (Å²) in [6.07, 6.45) is 6.46. The van der Waals surface area contributed by atoms with Gasteiger partial charge in [0.05, 0.1) is 26.7 Å². The van der Waals surface area contributed by atoms with Crippen LogP contribution < -0.4 is 21.1 Å². The first-order chi connectivity index (χ1) is 18.4. The van der Waals surface area contributed by atoms with Crippen LogP contribution in [-0.2, 0) is 0 Å². The summed E-state index contributed by atoms with van der Waals surface area (Å²) in [5.74, 6) is 0.296. The van der Waals surface area contributed by atoms with Gasteiger partial charge < -0.3 is 15.5 Å². The lowest BCUT2D eigenvalue weighted by molar-refractivity contribution is 0.164. The number of anilines is 3. The van der Waals surface area contributed by atoms with Gasteiger partial charge in [0.1, 0.15) is 11.6 Å². The van der Waals surface area contributed by atoms with E-state index in [2.05, 4.69) is 50.6 Å². The Bertz CT molecular complexity index is 1640. The maximum Gasteiger partial charge on any atom is 0.266 e. The van der Waals surface area contributed by atoms with Crippen molar-refractivity contribution in [2.45, 2.75) is 31.7 Å². The van der Waals surface area contributed by atoms with Gasteiger partial charge in [0.2, 0.25) is 5.95 Å². The molecule has 4 aromatic rings. The summed E-state index contributed by atoms with van der Waals surface area (Å²) < 4.78 is 1.27. The third-order valence-electron chi connectivity index (χ3n) is 7.67. The second-order valence-electron chi connectivity index (χ2n) is 9.93. The maximum atomic E-state index is 13.3. The second kappa shape index (κ2) is 9.59. The van der Waals surface area contributed by atoms with Crippen molar-refractivity contribution in [3.05, 3.63) is 80.3 Å². The lowest BCUT2D eigenvalue weighted by Crippen LogP contribution is -2.62. The van der Waals surface area contributed by atoms with Gasteiger partial charge in [-0.1, -0.05) is 29.3 Å². The molecule has 8 nitrogen and oxygen atoms in total. The quantitative estimate of drug-likeness (QED) is 0.356. The predicted molar refractivity (Wildman–Crippen MR) is 151 cm³/mol. The van der Waals surface area contributed by atoms with E-state index in [9.17, 15) is 10.1 Å². The average Bonchev–Trinajstić information content (AvgIpc) is 2.89. The number of nitriles is 1. The van der Waals surface area contributed by atoms with E-state index in [4.69, 9.17) is 23.2 Å². The van der Waals surface area contributed by atoms with Crippen LogP contribution in [0, 0.1) is 18.3 Å². The summed E-state index contributed by atoms with van der Waals surface area (Å²) in [5, 5.41) is 17.5. The van der Waals surface area contributed by atoms with Crippen LogP contribution in [0.2, 0.25) is 10.0 Å². The molecule has 2 aliphatic heterocycles. The summed E-state index contributed by atoms with van der Waals surface area (Å²) in [6, 6.07) is 13.3. The number of nitrogens with one attached hydrogen (secondary N) is 2. The number of fused-ring (bicyclic) bond motifs is 1. The zero-order valence-corrected chi connectivity index (χ0v) is 22.3. The van der Waals surface area contributed by atoms with Crippen molar-refractivity contribution in [2.24, 2.45) is 0 Å². The highest BCUT2D eigenvalue weighted by Crippen LogP contribution is 2.35. The molecule has 2 aromatic heterocycles. The van der Waals surface area contributed by atoms with Crippen molar-refractivity contribution in [2.75, 3.05) is 29.9 Å². The number of hydrogen-bond acceptors (Lipinski definition) is 7. The molecule has 0 saturated carbocycles. The van der Waals surface area contributed by atoms with E-state index in [1.807, 2.05) is 6.07 Å². The van der Waals surface area contributed by atoms with E-state index in [1.165, 1.54) is 41.9 Å². The molecule has 10 heteroatoms. The monoisotopic (exact) mass is 545 g/mol. The molecule has 1 spiro atoms. The number of aryl methyl sites for hydroxylation is 1. The number of halogens is 2. The smallest absolute Gasteiger partial charge is 0.266 e. The minimum atomic E-state index is -0.416. The van der Waals surface area contributed by atoms with E-state index in [1.54, 1.807) is 18.2 Å². The standard InChI is InChI=1S/C28H25Cl2N7O/c1-17-13-19(5-6-23(17)36-11-8-28(9-12-36)7-10-33-28)34-27-32-15-20-24(35-27)18(14-31)16-37(26(20)38)25-21(29)3-2-4-22(25)30/h2-6,13,15-16,33H,7-12H2,1H3,(H,32,34,35). The molecule has 0 amide bonds. The van der Waals surface area contributed by atoms with Gasteiger partial charge >= 0.3 is 0 Å². The Kier molecular flexibility index (Phi) is 6.23. The number of aromatic nitrogens is 3. The number of rotatable bonds is 4. The van der Waals surface area contributed by atoms with Gasteiger partial charge in [-0.2, -0.15) is 5.26 Å². The average molecular weight is 546 g/mol. The predicted octanol–water partition coefficient (Wildman–Crippen LogP) is 5.34. The molecule has 0 bridgehead atoms. The van der Waals surface area contributed by atoms with Crippen LogP contribution >= 0.6 is 23.2 Å². The molecule has 0 aliphatic carbocycles. The highest BCUT2D eigenvalue weighted by molar-refractivity contribution is 6.37. The fraction of sp³-hybridized carbons (Fsp3) is 0.286. The Labute approximate surface area is 229 Å². The molecule has 2 aromatic carbocycles. The Morgan fingerprint density at radius 3 is 2.50 bits per heavy atom. The van der Waals surface area contributed by atoms with E-state index in [0.717, 1.165) is 30.9 Å². The van der Waals surface area contributed by atoms with Gasteiger partial charge in [0, 0.05) is 42.4 Å². The van der Waals surface area contributed by atoms with Gasteiger partial charge in [0.15, 0.2) is 0 Å². The van der Waals surface area contributed by atoms with Crippen LogP contribution in [0.15, 0.2) is 53.6 Å². The van der Waals surface area contributed by atoms with Gasteiger partial charge in [-0.15, -0.1) is 0 Å². The van der Waals surface area contributed by atoms with Crippen molar-refractivity contribution >= 4 is 51.4 Å². The van der Waals surface area contributed by atoms with E-state index in [-0.39, 0.29) is 16.5 Å². The maximum absolute atomic E-state index is 13.3. The Balaban J connectivity index is 1.28. The van der Waals surface area contributed by atoms with Crippen molar-refractivity contribution in [3.63, 3.8) is 0 Å². The zero-order valence-electron chi connectivity index (χ0n) is 20.8. The normalized spacial score (nSPS) is 16.3. The first kappa shape index (κ1) is 24.7. The Hall–Kier alpha value is -3.64. The van der Waals surface area contributed by atoms with Crippen LogP contribution in [-0.4, -0.2) is 39.7 Å². The lowest BCUT2D eigenvalue weighted by Gasteiger charge is -2.49. The van der Waals surface area contributed by atoms with Crippen LogP contribution in [0.1, 0.15) is 30.4 Å². The molecule has 4 heterocycles. The highest BCUT2D eigenvalue weighted by Gasteiger charge is 2.39. The fourth-order valence-corrected chi connectivity index (χ4v) is 6.03. The SMILES string of the molecule is Cc1cc(Nc2ncc3c(=O)n(-c4c(Cl)cccc4Cl)cc(C#N)c3n2)ccc1N1CCC2(CCN2)CC1. The van der Waals surface area contributed by atoms with Gasteiger partial charge in [-0.25, -0.2) is 9.97 Å². The molecule has 192 valence electrons. The number of pyridine rings is 1. The Morgan fingerprint density at radius 1 is 1.13 bits per heavy atom. The first-order valence-corrected chi connectivity index (χ1v) is 13.3. The first-order valence-electron chi connectivity index (χ1n) is 12.5. The minimum Gasteiger partial charge on any atom is -0.371 e. The third-order valence-corrected chi connectivity index (χ3v) is 8.28. The van der Waals surface area contributed by atoms with Gasteiger partial charge in [-0.05, 0) is 68.6 Å². The topological polar surface area (TPSA) is 98.9 Å². The summed E-state index contributed by atoms with van der Waals surface area (Å²) in [5.41, 5.74) is 3.94. The van der Waals surface area contributed by atoms with Crippen LogP contribution in [0.3, 0.4) is 0 Å². The minimum absolute atomic E-state index is 0.195. The van der Waals surface area contributed by atoms with E-state index < -0.39 is 5.56 Å². The summed E-state index contributed by atoms with van der Waals surface area (Å²) in [6.45, 7) is 5.33. The molecule has 2 fully saturated rings. The molecule has 38 heavy (non-hydrogen) atoms. The molecule has 0 radical (unpaired) electrons. The van der Waals surface area contributed by atoms with Crippen molar-refractivity contribution < 1.29 is 0 Å². The Morgan fingerprint density at radius 2 is 1.87 bits per heavy atom. The summed E-state index contributed by atoms with van der Waals surface area (Å²) >= 11 is 12.6. The molecule has 6 rings (SSSR count). The molecule has 2 N–H and O–H groups in total. The summed E-state index contributed by atoms with van der Waals surface area (Å²) in [4.78, 5) is 24.6. The lowest BCUT2D eigenvalue weighted by atomic mass is 9.79. The van der Waals surface area contributed by atoms with Gasteiger partial charge in [0.25, 0.3) is 5.56 Å². The van der Waals surface area contributed by atoms with Crippen LogP contribution in [0.25, 0.3) is 16.6 Å². The van der Waals surface area contributed by atoms with Crippen LogP contribution in [0.5, 0.6) is 0 Å². The zero-order chi connectivity index (χ0) is 26.4. The van der Waals surface area contributed by atoms with Crippen LogP contribution in [0.4, 0.5) is 17.3 Å². The molecule has 2 aliphatic rings. The molecule has 2 saturated heterocycles. The number of hydrogen-bond donors (Lipinski definition) is 2. The van der Waals surface area contributed by atoms with Crippen molar-refractivity contribution in [1.29, 1.82) is 5.26 Å². The largest absolute Gasteiger partial charge is 0.371 e. The number of piperidine rings is 1. The molecular weight excluding hydrogens is 521 g/mol. The van der Waals surface area contributed by atoms with Gasteiger partial charge in [-0.3, -0.25) is 9.36 Å². The fourth-order valence-electron chi connectivity index (χ4n) is 5.45. The van der Waals surface area contributed by atoms with Crippen molar-refractivity contribution in [1.82, 2.24) is 19.9 Å². The number of nitrogens with zero attached hydrogens (tertiary/aromatic N) is 5. The second-order valence-corrected chi connectivity index (χ2v) is 10.7. The molecule has 0 atom stereocenters. The highest BCUT2D eigenvalue weighted by atomic mass is 35.5. The number of para-hydroxylation sites is 1. The van der Waals surface area contributed by atoms with E-state index >= 15 is 0 Å². The van der Waals surface area contributed by atoms with E-state index in [0.29, 0.717) is 27.2 Å². The third kappa shape index (κ3) is 4.27.